The molecule has 3 aliphatic carbocycles. The molecule has 1 aromatic carbocycles. The fraction of sp³-hybridized carbons (Fsp3) is 0.350. The van der Waals surface area contributed by atoms with Crippen molar-refractivity contribution in [2.75, 3.05) is 0 Å². The second-order valence-electron chi connectivity index (χ2n) is 7.66. The molecular weight excluding hydrogens is 366 g/mol. The summed E-state index contributed by atoms with van der Waals surface area (Å²) in [6, 6.07) is 3.10. The number of phenols is 1. The molecule has 0 aromatic heterocycles. The Labute approximate surface area is 159 Å². The van der Waals surface area contributed by atoms with Gasteiger partial charge in [0.05, 0.1) is 5.56 Å². The van der Waals surface area contributed by atoms with Crippen LogP contribution in [0.4, 0.5) is 0 Å². The van der Waals surface area contributed by atoms with E-state index < -0.39 is 52.0 Å². The molecule has 0 aliphatic heterocycles. The van der Waals surface area contributed by atoms with Crippen molar-refractivity contribution >= 4 is 23.2 Å². The van der Waals surface area contributed by atoms with Crippen LogP contribution in [-0.2, 0) is 20.8 Å². The Balaban J connectivity index is 1.95. The Kier molecular flexibility index (Phi) is 3.70. The van der Waals surface area contributed by atoms with Crippen LogP contribution in [0.2, 0.25) is 0 Å². The summed E-state index contributed by atoms with van der Waals surface area (Å²) >= 11 is 0. The lowest BCUT2D eigenvalue weighted by Crippen LogP contribution is -2.58. The number of carbonyl (C=O) groups is 3. The molecule has 1 aromatic rings. The van der Waals surface area contributed by atoms with Gasteiger partial charge in [0.15, 0.2) is 11.4 Å². The Hall–Kier alpha value is -3.13. The van der Waals surface area contributed by atoms with E-state index in [4.69, 9.17) is 5.73 Å². The highest BCUT2D eigenvalue weighted by atomic mass is 16.3. The first kappa shape index (κ1) is 18.2. The zero-order valence-electron chi connectivity index (χ0n) is 15.0. The summed E-state index contributed by atoms with van der Waals surface area (Å²) in [5.41, 5.74) is 3.33. The predicted molar refractivity (Wildman–Crippen MR) is 96.1 cm³/mol. The van der Waals surface area contributed by atoms with Gasteiger partial charge < -0.3 is 26.2 Å². The number of aryl methyl sites for hydroxylation is 1. The minimum Gasteiger partial charge on any atom is -0.508 e. The molecule has 8 nitrogen and oxygen atoms in total. The molecule has 8 heteroatoms. The third kappa shape index (κ3) is 2.12. The second kappa shape index (κ2) is 5.68. The number of rotatable bonds is 1. The number of hydrogen-bond acceptors (Lipinski definition) is 7. The van der Waals surface area contributed by atoms with Crippen molar-refractivity contribution in [2.24, 2.45) is 17.6 Å². The molecule has 0 heterocycles. The van der Waals surface area contributed by atoms with Gasteiger partial charge in [0.25, 0.3) is 5.91 Å². The van der Waals surface area contributed by atoms with E-state index in [-0.39, 0.29) is 29.7 Å². The van der Waals surface area contributed by atoms with Crippen molar-refractivity contribution in [3.8, 4) is 5.75 Å². The molecule has 0 radical (unpaired) electrons. The summed E-state index contributed by atoms with van der Waals surface area (Å²) in [4.78, 5) is 37.0. The molecule has 0 saturated heterocycles. The molecular formula is C20H19NO7. The minimum absolute atomic E-state index is 0.118. The third-order valence-electron chi connectivity index (χ3n) is 6.18. The molecule has 1 amide bonds. The van der Waals surface area contributed by atoms with E-state index in [0.717, 1.165) is 5.56 Å². The number of primary amides is 1. The van der Waals surface area contributed by atoms with Crippen molar-refractivity contribution in [3.63, 3.8) is 0 Å². The Morgan fingerprint density at radius 2 is 1.86 bits per heavy atom. The van der Waals surface area contributed by atoms with E-state index in [1.807, 2.05) is 6.92 Å². The highest BCUT2D eigenvalue weighted by Gasteiger charge is 2.60. The molecule has 6 N–H and O–H groups in total. The van der Waals surface area contributed by atoms with Gasteiger partial charge in [0, 0.05) is 17.9 Å². The molecule has 28 heavy (non-hydrogen) atoms. The Bertz CT molecular complexity index is 1040. The standard InChI is InChI=1S/C20H19NO7/c1-7-2-3-11(22)14-10(7)5-8-4-9-6-12(23)15(19(21)27)18(26)20(9,28)17(25)13(8)16(14)24/h2-3,8-9,22,24,26,28H,4-6H2,1H3,(H2,21,27)/t8-,9+,20+/m0/s1. The molecule has 3 atom stereocenters. The second-order valence-corrected chi connectivity index (χ2v) is 7.66. The van der Waals surface area contributed by atoms with E-state index in [1.165, 1.54) is 6.07 Å². The molecule has 3 aliphatic rings. The molecule has 1 saturated carbocycles. The van der Waals surface area contributed by atoms with Crippen LogP contribution in [0.1, 0.15) is 29.5 Å². The molecule has 1 fully saturated rings. The molecule has 0 spiro atoms. The summed E-state index contributed by atoms with van der Waals surface area (Å²) in [6.07, 6.45) is 0.146. The number of hydrogen-bond donors (Lipinski definition) is 5. The largest absolute Gasteiger partial charge is 0.508 e. The maximum Gasteiger partial charge on any atom is 0.255 e. The first-order chi connectivity index (χ1) is 13.1. The highest BCUT2D eigenvalue weighted by molar-refractivity contribution is 6.22. The van der Waals surface area contributed by atoms with E-state index in [9.17, 15) is 34.8 Å². The lowest BCUT2D eigenvalue weighted by atomic mass is 9.59. The molecule has 0 bridgehead atoms. The zero-order chi connectivity index (χ0) is 20.5. The fourth-order valence-corrected chi connectivity index (χ4v) is 4.78. The van der Waals surface area contributed by atoms with Crippen LogP contribution in [0.5, 0.6) is 5.75 Å². The van der Waals surface area contributed by atoms with Crippen molar-refractivity contribution in [1.29, 1.82) is 0 Å². The number of aliphatic hydroxyl groups is 3. The lowest BCUT2D eigenvalue weighted by molar-refractivity contribution is -0.147. The maximum atomic E-state index is 13.2. The van der Waals surface area contributed by atoms with Crippen LogP contribution < -0.4 is 5.73 Å². The molecule has 146 valence electrons. The van der Waals surface area contributed by atoms with Crippen molar-refractivity contribution in [1.82, 2.24) is 0 Å². The SMILES string of the molecule is Cc1ccc(O)c2c1C[C@@H]1C[C@@H]3CC(=O)C(C(N)=O)=C(O)[C@]3(O)C(=O)C1=C2O. The first-order valence-electron chi connectivity index (χ1n) is 8.87. The van der Waals surface area contributed by atoms with E-state index in [2.05, 4.69) is 0 Å². The van der Waals surface area contributed by atoms with Gasteiger partial charge in [0.1, 0.15) is 22.8 Å². The van der Waals surface area contributed by atoms with Crippen LogP contribution in [0, 0.1) is 18.8 Å². The number of benzene rings is 1. The van der Waals surface area contributed by atoms with Crippen LogP contribution in [0.25, 0.3) is 5.76 Å². The van der Waals surface area contributed by atoms with Gasteiger partial charge in [-0.15, -0.1) is 0 Å². The highest BCUT2D eigenvalue weighted by Crippen LogP contribution is 2.52. The number of amides is 1. The average molecular weight is 385 g/mol. The normalized spacial score (nSPS) is 29.4. The predicted octanol–water partition coefficient (Wildman–Crippen LogP) is 0.732. The lowest BCUT2D eigenvalue weighted by Gasteiger charge is -2.46. The third-order valence-corrected chi connectivity index (χ3v) is 6.18. The quantitative estimate of drug-likeness (QED) is 0.446. The van der Waals surface area contributed by atoms with Crippen molar-refractivity contribution in [2.45, 2.75) is 31.8 Å². The van der Waals surface area contributed by atoms with Crippen molar-refractivity contribution < 1.29 is 34.8 Å². The number of nitrogens with two attached hydrogens (primary N) is 1. The first-order valence-corrected chi connectivity index (χ1v) is 8.87. The van der Waals surface area contributed by atoms with Gasteiger partial charge in [-0.3, -0.25) is 14.4 Å². The zero-order valence-corrected chi connectivity index (χ0v) is 15.0. The fourth-order valence-electron chi connectivity index (χ4n) is 4.78. The maximum absolute atomic E-state index is 13.2. The van der Waals surface area contributed by atoms with Gasteiger partial charge in [-0.25, -0.2) is 0 Å². The number of aromatic hydroxyl groups is 1. The van der Waals surface area contributed by atoms with Gasteiger partial charge in [-0.05, 0) is 42.9 Å². The molecule has 4 rings (SSSR count). The summed E-state index contributed by atoms with van der Waals surface area (Å²) < 4.78 is 0. The summed E-state index contributed by atoms with van der Waals surface area (Å²) in [6.45, 7) is 1.81. The molecule has 0 unspecified atom stereocenters. The van der Waals surface area contributed by atoms with Crippen LogP contribution in [0.15, 0.2) is 29.0 Å². The summed E-state index contributed by atoms with van der Waals surface area (Å²) in [5, 5.41) is 42.5. The van der Waals surface area contributed by atoms with Crippen LogP contribution >= 0.6 is 0 Å². The number of Topliss-reactive ketones (excluding diaryl/α,β-unsaturated/α-hetero) is 2. The van der Waals surface area contributed by atoms with Crippen LogP contribution in [0.3, 0.4) is 0 Å². The topological polar surface area (TPSA) is 158 Å². The Morgan fingerprint density at radius 1 is 1.18 bits per heavy atom. The number of ketones is 2. The van der Waals surface area contributed by atoms with Gasteiger partial charge in [-0.1, -0.05) is 6.07 Å². The number of phenolic OH excluding ortho intramolecular Hbond substituents is 1. The van der Waals surface area contributed by atoms with Crippen molar-refractivity contribution in [3.05, 3.63) is 45.7 Å². The number of fused-ring (bicyclic) bond motifs is 3. The minimum atomic E-state index is -2.52. The van der Waals surface area contributed by atoms with Gasteiger partial charge in [-0.2, -0.15) is 0 Å². The summed E-state index contributed by atoms with van der Waals surface area (Å²) in [7, 11) is 0. The monoisotopic (exact) mass is 385 g/mol. The van der Waals surface area contributed by atoms with E-state index in [0.29, 0.717) is 12.0 Å². The van der Waals surface area contributed by atoms with Gasteiger partial charge >= 0.3 is 0 Å². The van der Waals surface area contributed by atoms with E-state index in [1.54, 1.807) is 6.07 Å². The van der Waals surface area contributed by atoms with Gasteiger partial charge in [0.2, 0.25) is 5.78 Å². The summed E-state index contributed by atoms with van der Waals surface area (Å²) in [5.74, 6) is -6.13. The van der Waals surface area contributed by atoms with E-state index >= 15 is 0 Å². The average Bonchev–Trinajstić information content (AvgIpc) is 2.61. The Morgan fingerprint density at radius 3 is 2.50 bits per heavy atom. The van der Waals surface area contributed by atoms with Crippen LogP contribution in [-0.4, -0.2) is 43.5 Å². The number of carbonyl (C=O) groups excluding carboxylic acids is 3. The smallest absolute Gasteiger partial charge is 0.255 e. The number of aliphatic hydroxyl groups excluding tert-OH is 2.